The Morgan fingerprint density at radius 3 is 2.65 bits per heavy atom. The van der Waals surface area contributed by atoms with Crippen molar-refractivity contribution in [3.63, 3.8) is 0 Å². The van der Waals surface area contributed by atoms with E-state index in [0.29, 0.717) is 5.16 Å². The van der Waals surface area contributed by atoms with Gasteiger partial charge in [0.15, 0.2) is 11.0 Å². The molecule has 2 N–H and O–H groups in total. The van der Waals surface area contributed by atoms with Crippen molar-refractivity contribution < 1.29 is 4.79 Å². The van der Waals surface area contributed by atoms with Crippen LogP contribution in [0.5, 0.6) is 0 Å². The third kappa shape index (κ3) is 3.30. The fourth-order valence-corrected chi connectivity index (χ4v) is 4.04. The van der Waals surface area contributed by atoms with Gasteiger partial charge >= 0.3 is 0 Å². The van der Waals surface area contributed by atoms with Crippen LogP contribution in [0.3, 0.4) is 0 Å². The van der Waals surface area contributed by atoms with Gasteiger partial charge in [-0.3, -0.25) is 4.79 Å². The van der Waals surface area contributed by atoms with E-state index in [1.807, 2.05) is 59.3 Å². The number of nitrogens with zero attached hydrogens (tertiary/aromatic N) is 3. The number of carbonyl (C=O) groups is 1. The smallest absolute Gasteiger partial charge is 0.235 e. The van der Waals surface area contributed by atoms with E-state index in [0.717, 1.165) is 22.8 Å². The Bertz CT molecular complexity index is 784. The number of rotatable bonds is 6. The normalized spacial score (nSPS) is 12.2. The third-order valence-electron chi connectivity index (χ3n) is 3.36. The molecular weight excluding hydrogens is 328 g/mol. The molecule has 0 spiro atoms. The Hall–Kier alpha value is -2.12. The van der Waals surface area contributed by atoms with Crippen LogP contribution in [-0.2, 0) is 11.3 Å². The predicted molar refractivity (Wildman–Crippen MR) is 93.2 cm³/mol. The van der Waals surface area contributed by atoms with Crippen molar-refractivity contribution in [2.24, 2.45) is 5.73 Å². The molecule has 0 saturated carbocycles. The van der Waals surface area contributed by atoms with Gasteiger partial charge in [0.05, 0.1) is 4.88 Å². The lowest BCUT2D eigenvalue weighted by Crippen LogP contribution is -2.19. The molecule has 0 aliphatic rings. The topological polar surface area (TPSA) is 73.8 Å². The van der Waals surface area contributed by atoms with Crippen LogP contribution in [0.2, 0.25) is 0 Å². The highest BCUT2D eigenvalue weighted by atomic mass is 32.2. The minimum Gasteiger partial charge on any atom is -0.368 e. The molecule has 7 heteroatoms. The molecule has 0 fully saturated rings. The number of benzene rings is 1. The highest BCUT2D eigenvalue weighted by molar-refractivity contribution is 8.00. The van der Waals surface area contributed by atoms with E-state index < -0.39 is 5.25 Å². The molecule has 3 aromatic rings. The van der Waals surface area contributed by atoms with Crippen molar-refractivity contribution >= 4 is 29.0 Å². The summed E-state index contributed by atoms with van der Waals surface area (Å²) in [4.78, 5) is 12.9. The maximum Gasteiger partial charge on any atom is 0.235 e. The zero-order valence-electron chi connectivity index (χ0n) is 12.5. The molecule has 0 saturated heterocycles. The van der Waals surface area contributed by atoms with Gasteiger partial charge in [0, 0.05) is 6.54 Å². The molecule has 1 atom stereocenters. The van der Waals surface area contributed by atoms with Crippen LogP contribution in [0.15, 0.2) is 53.0 Å². The van der Waals surface area contributed by atoms with E-state index in [4.69, 9.17) is 5.73 Å². The lowest BCUT2D eigenvalue weighted by molar-refractivity contribution is -0.117. The molecular formula is C16H16N4OS2. The largest absolute Gasteiger partial charge is 0.368 e. The maximum atomic E-state index is 11.9. The van der Waals surface area contributed by atoms with Gasteiger partial charge in [-0.2, -0.15) is 0 Å². The Kier molecular flexibility index (Phi) is 4.78. The van der Waals surface area contributed by atoms with Crippen LogP contribution in [0.1, 0.15) is 17.7 Å². The highest BCUT2D eigenvalue weighted by Crippen LogP contribution is 2.36. The molecule has 3 rings (SSSR count). The lowest BCUT2D eigenvalue weighted by Gasteiger charge is -2.13. The molecule has 5 nitrogen and oxygen atoms in total. The van der Waals surface area contributed by atoms with Gasteiger partial charge in [-0.1, -0.05) is 48.2 Å². The summed E-state index contributed by atoms with van der Waals surface area (Å²) in [5.74, 6) is 0.436. The van der Waals surface area contributed by atoms with E-state index in [2.05, 4.69) is 10.2 Å². The molecule has 118 valence electrons. The molecule has 2 heterocycles. The van der Waals surface area contributed by atoms with Gasteiger partial charge in [-0.15, -0.1) is 21.5 Å². The monoisotopic (exact) mass is 344 g/mol. The number of thiophene rings is 1. The van der Waals surface area contributed by atoms with E-state index in [9.17, 15) is 4.79 Å². The quantitative estimate of drug-likeness (QED) is 0.696. The summed E-state index contributed by atoms with van der Waals surface area (Å²) in [5.41, 5.74) is 6.46. The number of carbonyl (C=O) groups excluding carboxylic acids is 1. The highest BCUT2D eigenvalue weighted by Gasteiger charge is 2.23. The van der Waals surface area contributed by atoms with Crippen molar-refractivity contribution in [2.45, 2.75) is 23.9 Å². The number of hydrogen-bond donors (Lipinski definition) is 1. The van der Waals surface area contributed by atoms with E-state index >= 15 is 0 Å². The third-order valence-corrected chi connectivity index (χ3v) is 5.48. The summed E-state index contributed by atoms with van der Waals surface area (Å²) < 4.78 is 2.01. The van der Waals surface area contributed by atoms with Crippen LogP contribution in [-0.4, -0.2) is 20.7 Å². The minimum atomic E-state index is -0.484. The van der Waals surface area contributed by atoms with Crippen LogP contribution in [0, 0.1) is 0 Å². The second-order valence-corrected chi connectivity index (χ2v) is 6.86. The molecule has 0 bridgehead atoms. The second kappa shape index (κ2) is 6.97. The van der Waals surface area contributed by atoms with Crippen LogP contribution >= 0.6 is 23.1 Å². The van der Waals surface area contributed by atoms with Gasteiger partial charge < -0.3 is 10.3 Å². The van der Waals surface area contributed by atoms with Crippen molar-refractivity contribution in [3.05, 3.63) is 53.4 Å². The Labute approximate surface area is 142 Å². The summed E-state index contributed by atoms with van der Waals surface area (Å²) in [6, 6.07) is 13.5. The van der Waals surface area contributed by atoms with E-state index in [-0.39, 0.29) is 5.91 Å². The first-order valence-electron chi connectivity index (χ1n) is 7.18. The fraction of sp³-hybridized carbons (Fsp3) is 0.188. The van der Waals surface area contributed by atoms with Crippen LogP contribution in [0.25, 0.3) is 10.7 Å². The maximum absolute atomic E-state index is 11.9. The Morgan fingerprint density at radius 2 is 2.04 bits per heavy atom. The van der Waals surface area contributed by atoms with Crippen LogP contribution in [0.4, 0.5) is 0 Å². The summed E-state index contributed by atoms with van der Waals surface area (Å²) in [6.45, 7) is 2.76. The number of primary amides is 1. The zero-order valence-corrected chi connectivity index (χ0v) is 14.2. The number of thioether (sulfide) groups is 1. The predicted octanol–water partition coefficient (Wildman–Crippen LogP) is 3.35. The van der Waals surface area contributed by atoms with Crippen molar-refractivity contribution in [2.75, 3.05) is 0 Å². The number of hydrogen-bond acceptors (Lipinski definition) is 5. The van der Waals surface area contributed by atoms with Gasteiger partial charge in [0.2, 0.25) is 5.91 Å². The molecule has 1 unspecified atom stereocenters. The first-order valence-corrected chi connectivity index (χ1v) is 8.94. The average Bonchev–Trinajstić information content (AvgIpc) is 3.21. The summed E-state index contributed by atoms with van der Waals surface area (Å²) in [5, 5.41) is 10.8. The van der Waals surface area contributed by atoms with Crippen LogP contribution < -0.4 is 5.73 Å². The minimum absolute atomic E-state index is 0.385. The summed E-state index contributed by atoms with van der Waals surface area (Å²) >= 11 is 2.95. The molecule has 1 amide bonds. The number of nitrogens with two attached hydrogens (primary N) is 1. The molecule has 23 heavy (non-hydrogen) atoms. The number of aromatic nitrogens is 3. The number of amides is 1. The molecule has 0 aliphatic heterocycles. The Balaban J connectivity index is 1.94. The van der Waals surface area contributed by atoms with Crippen molar-refractivity contribution in [3.8, 4) is 10.7 Å². The first-order chi connectivity index (χ1) is 11.2. The van der Waals surface area contributed by atoms with Gasteiger partial charge in [0.25, 0.3) is 0 Å². The SMILES string of the molecule is CCn1c(SC(C(N)=O)c2ccccc2)nnc1-c1cccs1. The van der Waals surface area contributed by atoms with E-state index in [1.54, 1.807) is 11.3 Å². The summed E-state index contributed by atoms with van der Waals surface area (Å²) in [6.07, 6.45) is 0. The van der Waals surface area contributed by atoms with Gasteiger partial charge in [-0.25, -0.2) is 0 Å². The molecule has 2 aromatic heterocycles. The zero-order chi connectivity index (χ0) is 16.2. The second-order valence-electron chi connectivity index (χ2n) is 4.84. The summed E-state index contributed by atoms with van der Waals surface area (Å²) in [7, 11) is 0. The lowest BCUT2D eigenvalue weighted by atomic mass is 10.1. The fourth-order valence-electron chi connectivity index (χ4n) is 2.27. The Morgan fingerprint density at radius 1 is 1.26 bits per heavy atom. The standard InChI is InChI=1S/C16H16N4OS2/c1-2-20-15(12-9-6-10-22-12)18-19-16(20)23-13(14(17)21)11-7-4-3-5-8-11/h3-10,13H,2H2,1H3,(H2,17,21). The first kappa shape index (κ1) is 15.8. The molecule has 0 aliphatic carbocycles. The molecule has 1 aromatic carbocycles. The van der Waals surface area contributed by atoms with Crippen molar-refractivity contribution in [1.29, 1.82) is 0 Å². The van der Waals surface area contributed by atoms with Crippen molar-refractivity contribution in [1.82, 2.24) is 14.8 Å². The van der Waals surface area contributed by atoms with E-state index in [1.165, 1.54) is 11.8 Å². The van der Waals surface area contributed by atoms with Gasteiger partial charge in [0.1, 0.15) is 5.25 Å². The average molecular weight is 344 g/mol. The molecule has 0 radical (unpaired) electrons. The van der Waals surface area contributed by atoms with Gasteiger partial charge in [-0.05, 0) is 23.9 Å².